The van der Waals surface area contributed by atoms with Gasteiger partial charge in [0.1, 0.15) is 23.0 Å². The molecule has 0 aliphatic rings. The summed E-state index contributed by atoms with van der Waals surface area (Å²) in [6.07, 6.45) is 0.634. The van der Waals surface area contributed by atoms with Gasteiger partial charge in [-0.25, -0.2) is 0 Å². The summed E-state index contributed by atoms with van der Waals surface area (Å²) in [7, 11) is 0. The van der Waals surface area contributed by atoms with Crippen molar-refractivity contribution in [1.82, 2.24) is 0 Å². The highest BCUT2D eigenvalue weighted by molar-refractivity contribution is 7.12. The Labute approximate surface area is 290 Å². The number of hydrogen-bond donors (Lipinski definition) is 0. The van der Waals surface area contributed by atoms with E-state index in [4.69, 9.17) is 8.83 Å². The van der Waals surface area contributed by atoms with Crippen LogP contribution in [0.1, 0.15) is 133 Å². The van der Waals surface area contributed by atoms with E-state index in [2.05, 4.69) is 0 Å². The van der Waals surface area contributed by atoms with Crippen LogP contribution in [-0.4, -0.2) is 23.1 Å². The number of Topliss-reactive ketones (excluding diaryl/α,β-unsaturated/α-hetero) is 4. The summed E-state index contributed by atoms with van der Waals surface area (Å²) >= 11 is 3.18. The number of hydrogen-bond acceptors (Lipinski definition) is 8. The molecule has 0 radical (unpaired) electrons. The van der Waals surface area contributed by atoms with Crippen molar-refractivity contribution >= 4 is 45.8 Å². The molecule has 0 spiro atoms. The van der Waals surface area contributed by atoms with E-state index in [-0.39, 0.29) is 60.7 Å². The van der Waals surface area contributed by atoms with Crippen LogP contribution in [0.2, 0.25) is 0 Å². The van der Waals surface area contributed by atoms with Crippen molar-refractivity contribution in [2.24, 2.45) is 0 Å². The number of benzene rings is 1. The molecule has 0 amide bonds. The molecule has 8 heteroatoms. The van der Waals surface area contributed by atoms with Crippen molar-refractivity contribution in [3.63, 3.8) is 0 Å². The molecule has 2 atom stereocenters. The van der Waals surface area contributed by atoms with Crippen molar-refractivity contribution in [2.75, 3.05) is 0 Å². The molecule has 0 aliphatic heterocycles. The van der Waals surface area contributed by atoms with E-state index in [1.807, 2.05) is 77.9 Å². The maximum atomic E-state index is 13.6. The lowest BCUT2D eigenvalue weighted by molar-refractivity contribution is 0.0926. The zero-order chi connectivity index (χ0) is 34.9. The van der Waals surface area contributed by atoms with E-state index >= 15 is 0 Å². The molecule has 0 N–H and O–H groups in total. The molecule has 5 aromatic rings. The van der Waals surface area contributed by atoms with Gasteiger partial charge >= 0.3 is 0 Å². The normalized spacial score (nSPS) is 12.7. The minimum atomic E-state index is -0.372. The van der Waals surface area contributed by atoms with Gasteiger partial charge in [-0.05, 0) is 103 Å². The molecule has 0 saturated carbocycles. The van der Waals surface area contributed by atoms with Crippen LogP contribution in [0, 0.1) is 55.4 Å². The zero-order valence-corrected chi connectivity index (χ0v) is 30.5. The molecule has 250 valence electrons. The summed E-state index contributed by atoms with van der Waals surface area (Å²) in [6, 6.07) is 15.1. The molecular formula is C40H42O6S2. The fraction of sp³-hybridized carbons (Fsp3) is 0.350. The number of aryl methyl sites for hydroxylation is 8. The van der Waals surface area contributed by atoms with Gasteiger partial charge in [0.25, 0.3) is 0 Å². The molecule has 48 heavy (non-hydrogen) atoms. The van der Waals surface area contributed by atoms with Crippen LogP contribution in [-0.2, 0) is 0 Å². The lowest BCUT2D eigenvalue weighted by Crippen LogP contribution is -2.15. The molecule has 0 fully saturated rings. The largest absolute Gasteiger partial charge is 0.466 e. The fourth-order valence-electron chi connectivity index (χ4n) is 6.62. The molecule has 4 aromatic heterocycles. The minimum Gasteiger partial charge on any atom is -0.466 e. The van der Waals surface area contributed by atoms with E-state index in [1.54, 1.807) is 48.7 Å². The van der Waals surface area contributed by atoms with Crippen LogP contribution in [0.15, 0.2) is 57.4 Å². The van der Waals surface area contributed by atoms with Gasteiger partial charge in [-0.15, -0.1) is 22.7 Å². The van der Waals surface area contributed by atoms with Gasteiger partial charge in [-0.3, -0.25) is 19.2 Å². The Bertz CT molecular complexity index is 1730. The second kappa shape index (κ2) is 14.5. The molecule has 0 bridgehead atoms. The maximum Gasteiger partial charge on any atom is 0.167 e. The van der Waals surface area contributed by atoms with E-state index in [1.165, 1.54) is 0 Å². The lowest BCUT2D eigenvalue weighted by Gasteiger charge is -2.20. The summed E-state index contributed by atoms with van der Waals surface area (Å²) < 4.78 is 11.3. The molecule has 6 nitrogen and oxygen atoms in total. The smallest absolute Gasteiger partial charge is 0.167 e. The summed E-state index contributed by atoms with van der Waals surface area (Å²) in [5.74, 6) is 1.57. The first-order valence-corrected chi connectivity index (χ1v) is 17.8. The minimum absolute atomic E-state index is 0.0000871. The van der Waals surface area contributed by atoms with Crippen molar-refractivity contribution < 1.29 is 28.0 Å². The average molecular weight is 683 g/mol. The topological polar surface area (TPSA) is 94.6 Å². The molecule has 0 saturated heterocycles. The van der Waals surface area contributed by atoms with E-state index in [0.29, 0.717) is 45.3 Å². The Hall–Kier alpha value is -4.14. The van der Waals surface area contributed by atoms with Gasteiger partial charge in [0.2, 0.25) is 0 Å². The Kier molecular flexibility index (Phi) is 10.7. The van der Waals surface area contributed by atoms with E-state index in [0.717, 1.165) is 30.6 Å². The van der Waals surface area contributed by atoms with Gasteiger partial charge < -0.3 is 8.83 Å². The monoisotopic (exact) mass is 682 g/mol. The summed E-state index contributed by atoms with van der Waals surface area (Å²) in [5.41, 5.74) is 4.16. The molecule has 0 aliphatic carbocycles. The standard InChI is InChI=1S/C40H42O6S2/c1-21-13-33(25(5)45-21)37(41)17-31(19-39(43)35-15-23(3)47-27(35)7)29-9-11-30(12-10-29)32(18-38(42)34-14-22(2)46-26(34)6)20-40(44)36-16-24(4)48-28(36)8/h9-16,31-32H,17-20H2,1-8H3. The predicted octanol–water partition coefficient (Wildman–Crippen LogP) is 10.7. The first kappa shape index (κ1) is 35.2. The highest BCUT2D eigenvalue weighted by Gasteiger charge is 2.27. The highest BCUT2D eigenvalue weighted by Crippen LogP contribution is 2.35. The molecule has 4 heterocycles. The molecule has 2 unspecified atom stereocenters. The molecule has 1 aromatic carbocycles. The summed E-state index contributed by atoms with van der Waals surface area (Å²) in [4.78, 5) is 58.4. The van der Waals surface area contributed by atoms with Gasteiger partial charge in [-0.2, -0.15) is 0 Å². The first-order valence-electron chi connectivity index (χ1n) is 16.2. The first-order chi connectivity index (χ1) is 22.7. The second-order valence-corrected chi connectivity index (χ2v) is 15.8. The van der Waals surface area contributed by atoms with Crippen LogP contribution in [0.25, 0.3) is 0 Å². The second-order valence-electron chi connectivity index (χ2n) is 12.9. The van der Waals surface area contributed by atoms with Crippen molar-refractivity contribution in [3.8, 4) is 0 Å². The quantitative estimate of drug-likeness (QED) is 0.108. The third kappa shape index (κ3) is 7.93. The number of rotatable bonds is 14. The SMILES string of the molecule is Cc1cc(C(=O)CC(CC(=O)c2cc(C)sc2C)c2ccc(C(CC(=O)c3cc(C)oc3C)CC(=O)c3cc(C)sc3C)cc2)c(C)o1. The van der Waals surface area contributed by atoms with Crippen molar-refractivity contribution in [3.05, 3.63) is 124 Å². The fourth-order valence-corrected chi connectivity index (χ4v) is 8.51. The molecular weight excluding hydrogens is 641 g/mol. The zero-order valence-electron chi connectivity index (χ0n) is 28.9. The Morgan fingerprint density at radius 2 is 0.812 bits per heavy atom. The van der Waals surface area contributed by atoms with Crippen molar-refractivity contribution in [1.29, 1.82) is 0 Å². The van der Waals surface area contributed by atoms with Gasteiger partial charge in [0.15, 0.2) is 23.1 Å². The third-order valence-corrected chi connectivity index (χ3v) is 10.9. The van der Waals surface area contributed by atoms with E-state index < -0.39 is 0 Å². The highest BCUT2D eigenvalue weighted by atomic mass is 32.1. The number of furan rings is 2. The van der Waals surface area contributed by atoms with Crippen LogP contribution in [0.3, 0.4) is 0 Å². The van der Waals surface area contributed by atoms with Crippen LogP contribution in [0.5, 0.6) is 0 Å². The lowest BCUT2D eigenvalue weighted by atomic mass is 9.83. The third-order valence-electron chi connectivity index (χ3n) is 8.97. The average Bonchev–Trinajstić information content (AvgIpc) is 3.76. The van der Waals surface area contributed by atoms with Crippen LogP contribution < -0.4 is 0 Å². The number of carbonyl (C=O) groups is 4. The van der Waals surface area contributed by atoms with Crippen LogP contribution >= 0.6 is 22.7 Å². The number of thiophene rings is 2. The van der Waals surface area contributed by atoms with Crippen LogP contribution in [0.4, 0.5) is 0 Å². The molecule has 5 rings (SSSR count). The van der Waals surface area contributed by atoms with Gasteiger partial charge in [0, 0.05) is 56.3 Å². The Morgan fingerprint density at radius 3 is 1.06 bits per heavy atom. The Balaban J connectivity index is 1.46. The summed E-state index contributed by atoms with van der Waals surface area (Å²) in [5, 5.41) is 0. The van der Waals surface area contributed by atoms with Gasteiger partial charge in [0.05, 0.1) is 11.1 Å². The number of ketones is 4. The summed E-state index contributed by atoms with van der Waals surface area (Å²) in [6.45, 7) is 15.1. The maximum absolute atomic E-state index is 13.6. The number of carbonyl (C=O) groups excluding carboxylic acids is 4. The predicted molar refractivity (Wildman–Crippen MR) is 192 cm³/mol. The Morgan fingerprint density at radius 1 is 0.500 bits per heavy atom. The van der Waals surface area contributed by atoms with Crippen molar-refractivity contribution in [2.45, 2.75) is 92.9 Å². The van der Waals surface area contributed by atoms with Gasteiger partial charge in [-0.1, -0.05) is 24.3 Å². The van der Waals surface area contributed by atoms with E-state index in [9.17, 15) is 19.2 Å².